The van der Waals surface area contributed by atoms with Gasteiger partial charge >= 0.3 is 6.36 Å². The van der Waals surface area contributed by atoms with Crippen LogP contribution in [-0.2, 0) is 21.7 Å². The summed E-state index contributed by atoms with van der Waals surface area (Å²) in [6.45, 7) is 0. The van der Waals surface area contributed by atoms with Gasteiger partial charge in [-0.2, -0.15) is 0 Å². The lowest BCUT2D eigenvalue weighted by molar-refractivity contribution is -0.274. The van der Waals surface area contributed by atoms with Crippen LogP contribution < -0.4 is 19.3 Å². The van der Waals surface area contributed by atoms with Crippen LogP contribution in [0, 0.1) is 0 Å². The van der Waals surface area contributed by atoms with Gasteiger partial charge in [0.25, 0.3) is 0 Å². The van der Waals surface area contributed by atoms with E-state index < -0.39 is 28.0 Å². The molecule has 7 heteroatoms. The third-order valence-electron chi connectivity index (χ3n) is 29.0. The van der Waals surface area contributed by atoms with Crippen molar-refractivity contribution in [1.29, 1.82) is 0 Å². The molecule has 0 atom stereocenters. The summed E-state index contributed by atoms with van der Waals surface area (Å²) in [6.07, 6.45) is -4.76. The van der Waals surface area contributed by atoms with Crippen molar-refractivity contribution < 1.29 is 22.6 Å². The van der Waals surface area contributed by atoms with Crippen molar-refractivity contribution in [2.75, 3.05) is 16.9 Å². The Kier molecular flexibility index (Phi) is 18.2. The predicted octanol–water partition coefficient (Wildman–Crippen LogP) is 32.0. The fraction of sp³-hybridized carbons (Fsp3) is 0.0476. The van der Waals surface area contributed by atoms with Gasteiger partial charge in [0, 0.05) is 34.1 Å². The molecule has 0 aromatic heterocycles. The molecule has 0 aliphatic heterocycles. The van der Waals surface area contributed by atoms with Gasteiger partial charge in [0.2, 0.25) is 0 Å². The van der Waals surface area contributed by atoms with Crippen LogP contribution in [0.15, 0.2) is 485 Å². The van der Waals surface area contributed by atoms with Crippen LogP contribution in [-0.4, -0.2) is 13.5 Å². The van der Waals surface area contributed by atoms with Crippen molar-refractivity contribution in [3.05, 3.63) is 574 Å². The lowest BCUT2D eigenvalue weighted by Gasteiger charge is -2.35. The molecule has 0 unspecified atom stereocenters. The molecule has 0 saturated heterocycles. The van der Waals surface area contributed by atoms with Crippen molar-refractivity contribution in [3.8, 4) is 101 Å². The number of benzene rings is 20. The number of nitrogens with zero attached hydrogens (tertiary/aromatic N) is 2. The molecule has 0 bridgehead atoms. The molecule has 20 aromatic rings. The molecule has 0 heterocycles. The van der Waals surface area contributed by atoms with Gasteiger partial charge in [-0.15, -0.1) is 13.2 Å². The van der Waals surface area contributed by atoms with Gasteiger partial charge in [-0.25, -0.2) is 0 Å². The van der Waals surface area contributed by atoms with Gasteiger partial charge in [-0.1, -0.05) is 388 Å². The molecule has 0 radical (unpaired) electrons. The quantitative estimate of drug-likeness (QED) is 0.108. The molecule has 6 aliphatic carbocycles. The minimum atomic E-state index is -4.76. The Morgan fingerprint density at radius 1 is 0.180 bits per heavy atom. The van der Waals surface area contributed by atoms with Crippen LogP contribution in [0.2, 0.25) is 0 Å². The summed E-state index contributed by atoms with van der Waals surface area (Å²) in [5.41, 5.74) is 43.3. The van der Waals surface area contributed by atoms with Gasteiger partial charge < -0.3 is 19.3 Å². The van der Waals surface area contributed by atoms with Gasteiger partial charge in [0.1, 0.15) is 11.5 Å². The molecule has 6 aliphatic rings. The molecular weight excluding hydrogens is 1630 g/mol. The Bertz CT molecular complexity index is 7580. The Labute approximate surface area is 771 Å². The smallest absolute Gasteiger partial charge is 0.497 e. The van der Waals surface area contributed by atoms with Crippen molar-refractivity contribution in [2.45, 2.75) is 28.0 Å². The predicted molar refractivity (Wildman–Crippen MR) is 534 cm³/mol. The van der Waals surface area contributed by atoms with Crippen molar-refractivity contribution in [2.24, 2.45) is 0 Å². The minimum absolute atomic E-state index is 0.256. The number of anilines is 6. The van der Waals surface area contributed by atoms with E-state index in [2.05, 4.69) is 451 Å². The van der Waals surface area contributed by atoms with Crippen LogP contribution in [0.25, 0.3) is 89.0 Å². The number of halogens is 3. The Morgan fingerprint density at radius 3 is 0.602 bits per heavy atom. The molecule has 2 spiro atoms. The van der Waals surface area contributed by atoms with Crippen LogP contribution in [0.4, 0.5) is 47.3 Å². The lowest BCUT2D eigenvalue weighted by atomic mass is 9.67. The van der Waals surface area contributed by atoms with Gasteiger partial charge in [-0.05, 0) is 275 Å². The Morgan fingerprint density at radius 2 is 0.368 bits per heavy atom. The monoisotopic (exact) mass is 1710 g/mol. The molecule has 133 heavy (non-hydrogen) atoms. The number of methoxy groups -OCH3 is 1. The highest BCUT2D eigenvalue weighted by Crippen LogP contribution is 2.67. The zero-order valence-corrected chi connectivity index (χ0v) is 72.5. The molecule has 0 N–H and O–H groups in total. The van der Waals surface area contributed by atoms with E-state index in [1.807, 2.05) is 24.3 Å². The minimum Gasteiger partial charge on any atom is -0.497 e. The first-order valence-corrected chi connectivity index (χ1v) is 45.4. The zero-order chi connectivity index (χ0) is 88.7. The van der Waals surface area contributed by atoms with Crippen LogP contribution in [0.1, 0.15) is 89.0 Å². The van der Waals surface area contributed by atoms with E-state index in [1.165, 1.54) is 168 Å². The van der Waals surface area contributed by atoms with Crippen molar-refractivity contribution >= 4 is 34.1 Å². The second-order valence-electron chi connectivity index (χ2n) is 35.3. The van der Waals surface area contributed by atoms with Crippen LogP contribution in [0.3, 0.4) is 0 Å². The first kappa shape index (κ1) is 78.6. The number of fused-ring (bicyclic) bond motifs is 26. The summed E-state index contributed by atoms with van der Waals surface area (Å²) in [6, 6.07) is 175. The zero-order valence-electron chi connectivity index (χ0n) is 72.5. The summed E-state index contributed by atoms with van der Waals surface area (Å²) >= 11 is 0. The second-order valence-corrected chi connectivity index (χ2v) is 35.3. The molecule has 0 saturated carbocycles. The molecule has 26 rings (SSSR count). The highest BCUT2D eigenvalue weighted by molar-refractivity contribution is 6.01. The topological polar surface area (TPSA) is 24.9 Å². The van der Waals surface area contributed by atoms with Gasteiger partial charge in [0.05, 0.1) is 28.8 Å². The average molecular weight is 1710 g/mol. The summed E-state index contributed by atoms with van der Waals surface area (Å²) in [4.78, 5) is 4.84. The number of hydrogen-bond donors (Lipinski definition) is 0. The molecule has 4 nitrogen and oxygen atoms in total. The Balaban J connectivity index is 0.000000143. The molecule has 0 fully saturated rings. The fourth-order valence-electron chi connectivity index (χ4n) is 23.7. The van der Waals surface area contributed by atoms with E-state index in [4.69, 9.17) is 4.74 Å². The second kappa shape index (κ2) is 30.8. The number of ether oxygens (including phenoxy) is 2. The van der Waals surface area contributed by atoms with E-state index in [0.717, 1.165) is 62.1 Å². The van der Waals surface area contributed by atoms with Crippen molar-refractivity contribution in [1.82, 2.24) is 0 Å². The maximum atomic E-state index is 13.1. The molecular formula is C126H83F3N2O2. The fourth-order valence-corrected chi connectivity index (χ4v) is 23.7. The third-order valence-corrected chi connectivity index (χ3v) is 29.0. The maximum absolute atomic E-state index is 13.1. The highest BCUT2D eigenvalue weighted by atomic mass is 19.4. The molecule has 630 valence electrons. The first-order chi connectivity index (χ1) is 65.5. The van der Waals surface area contributed by atoms with Crippen LogP contribution >= 0.6 is 0 Å². The number of hydrogen-bond acceptors (Lipinski definition) is 4. The number of alkyl halides is 3. The molecule has 20 aromatic carbocycles. The first-order valence-electron chi connectivity index (χ1n) is 45.4. The van der Waals surface area contributed by atoms with E-state index in [0.29, 0.717) is 0 Å². The van der Waals surface area contributed by atoms with E-state index >= 15 is 0 Å². The van der Waals surface area contributed by atoms with E-state index in [1.54, 1.807) is 19.2 Å². The largest absolute Gasteiger partial charge is 0.573 e. The average Bonchev–Trinajstić information content (AvgIpc) is 1.50. The summed E-state index contributed by atoms with van der Waals surface area (Å²) in [5.74, 6) is 0.593. The van der Waals surface area contributed by atoms with Gasteiger partial charge in [-0.3, -0.25) is 0 Å². The SMILES string of the molecule is COc1ccc(-c2ccc(N(c3ccc4c(c3)C(c3ccccc3)(c3ccccc3)c3ccccc3-4)c3ccc4c(c3)C3(c5ccccc5-c5ccccc53)c3ccccc3-4)cc2)cc1.FC(F)(F)Oc1ccc(-c2ccc(N(c3ccc4c(c3)C(c3ccccc3)(c3ccccc3)c3ccccc3-4)c3ccc4c(c3)C3(c5ccccc5-c5ccccc53)c3ccccc3-4)cc2)cc1. The standard InChI is InChI=1S/C63H40F3NO.C63H43NO/c64-63(65,66)68-48-35-29-42(30-36-48)41-27-31-45(32-28-41)67(46-33-37-53-51-21-7-11-23-55(51)61(59(53)39-46,43-15-3-1-4-16-43)44-17-5-2-6-18-44)47-34-38-54-52-22-10-14-26-58(52)62(60(54)40-47)56-24-12-8-19-49(56)50-20-9-13-25-57(50)62;1-65-49-36-30-43(31-37-49)42-28-32-46(33-29-42)64(47-34-38-54-52-22-8-12-24-56(52)62(60(54)40-47,44-16-4-2-5-17-44)45-18-6-3-7-19-45)48-35-39-55-53-23-11-15-27-59(53)63(61(55)41-48)57-25-13-9-20-50(57)51-21-10-14-26-58(51)63/h1-40H;2-41H,1H3. The maximum Gasteiger partial charge on any atom is 0.573 e. The third kappa shape index (κ3) is 11.8. The Hall–Kier alpha value is -16.6. The normalized spacial score (nSPS) is 14.0. The summed E-state index contributed by atoms with van der Waals surface area (Å²) < 4.78 is 48.8. The van der Waals surface area contributed by atoms with E-state index in [9.17, 15) is 13.2 Å². The summed E-state index contributed by atoms with van der Waals surface area (Å²) in [7, 11) is 1.71. The highest BCUT2D eigenvalue weighted by Gasteiger charge is 2.55. The van der Waals surface area contributed by atoms with Gasteiger partial charge in [0.15, 0.2) is 0 Å². The van der Waals surface area contributed by atoms with Crippen LogP contribution in [0.5, 0.6) is 11.5 Å². The van der Waals surface area contributed by atoms with Crippen molar-refractivity contribution in [3.63, 3.8) is 0 Å². The number of rotatable bonds is 14. The molecule has 0 amide bonds. The summed E-state index contributed by atoms with van der Waals surface area (Å²) in [5, 5.41) is 0. The van der Waals surface area contributed by atoms with E-state index in [-0.39, 0.29) is 5.75 Å². The lowest BCUT2D eigenvalue weighted by Crippen LogP contribution is -2.28.